The van der Waals surface area contributed by atoms with Crippen molar-refractivity contribution in [1.29, 1.82) is 0 Å². The van der Waals surface area contributed by atoms with Gasteiger partial charge in [-0.15, -0.1) is 0 Å². The monoisotopic (exact) mass is 267 g/mol. The quantitative estimate of drug-likeness (QED) is 0.766. The normalized spacial score (nSPS) is 20.0. The maximum Gasteiger partial charge on any atom is 0.148 e. The molecule has 0 amide bonds. The molecule has 0 atom stereocenters. The summed E-state index contributed by atoms with van der Waals surface area (Å²) in [5, 5.41) is 0. The Bertz CT molecular complexity index is 297. The molecular weight excluding hydrogens is 254 g/mol. The van der Waals surface area contributed by atoms with Gasteiger partial charge in [-0.05, 0) is 6.42 Å². The van der Waals surface area contributed by atoms with E-state index in [0.717, 1.165) is 24.0 Å². The molecule has 1 heterocycles. The summed E-state index contributed by atoms with van der Waals surface area (Å²) >= 11 is 3.42. The first-order chi connectivity index (χ1) is 5.97. The van der Waals surface area contributed by atoms with Crippen molar-refractivity contribution in [2.45, 2.75) is 6.42 Å². The first-order valence-electron chi connectivity index (χ1n) is 4.22. The number of hydrogen-bond acceptors (Lipinski definition) is 3. The number of rotatable bonds is 3. The molecule has 1 aliphatic heterocycles. The highest BCUT2D eigenvalue weighted by atomic mass is 79.9. The van der Waals surface area contributed by atoms with Crippen LogP contribution < -0.4 is 0 Å². The van der Waals surface area contributed by atoms with E-state index in [9.17, 15) is 8.42 Å². The Morgan fingerprint density at radius 1 is 1.62 bits per heavy atom. The topological polar surface area (TPSA) is 37.4 Å². The second-order valence-corrected chi connectivity index (χ2v) is 6.62. The molecule has 0 fully saturated rings. The average molecular weight is 268 g/mol. The SMILES string of the molecule is CS(=O)(=O)CCN1CCC=C(Br)C1. The molecule has 0 N–H and O–H groups in total. The second kappa shape index (κ2) is 4.57. The molecule has 3 nitrogen and oxygen atoms in total. The zero-order valence-electron chi connectivity index (χ0n) is 7.66. The Kier molecular flexibility index (Phi) is 3.94. The molecule has 0 aromatic heterocycles. The van der Waals surface area contributed by atoms with Gasteiger partial charge in [0.05, 0.1) is 5.75 Å². The molecule has 0 unspecified atom stereocenters. The predicted octanol–water partition coefficient (Wildman–Crippen LogP) is 1.02. The van der Waals surface area contributed by atoms with Crippen molar-refractivity contribution in [3.05, 3.63) is 10.6 Å². The lowest BCUT2D eigenvalue weighted by Gasteiger charge is -2.24. The average Bonchev–Trinajstić information content (AvgIpc) is 2.00. The van der Waals surface area contributed by atoms with Crippen LogP contribution >= 0.6 is 15.9 Å². The fourth-order valence-corrected chi connectivity index (χ4v) is 2.42. The van der Waals surface area contributed by atoms with Gasteiger partial charge in [0.2, 0.25) is 0 Å². The van der Waals surface area contributed by atoms with Crippen LogP contribution in [0.3, 0.4) is 0 Å². The minimum absolute atomic E-state index is 0.257. The highest BCUT2D eigenvalue weighted by molar-refractivity contribution is 9.11. The van der Waals surface area contributed by atoms with Crippen molar-refractivity contribution in [2.75, 3.05) is 31.6 Å². The van der Waals surface area contributed by atoms with E-state index in [-0.39, 0.29) is 5.75 Å². The second-order valence-electron chi connectivity index (χ2n) is 3.35. The summed E-state index contributed by atoms with van der Waals surface area (Å²) in [5.74, 6) is 0.257. The number of sulfone groups is 1. The molecule has 0 aromatic rings. The van der Waals surface area contributed by atoms with Crippen LogP contribution in [0.4, 0.5) is 0 Å². The number of hydrogen-bond donors (Lipinski definition) is 0. The fraction of sp³-hybridized carbons (Fsp3) is 0.750. The van der Waals surface area contributed by atoms with Gasteiger partial charge in [0, 0.05) is 30.4 Å². The van der Waals surface area contributed by atoms with E-state index in [1.807, 2.05) is 0 Å². The van der Waals surface area contributed by atoms with Crippen molar-refractivity contribution in [1.82, 2.24) is 4.90 Å². The highest BCUT2D eigenvalue weighted by Crippen LogP contribution is 2.14. The molecule has 0 saturated carbocycles. The Hall–Kier alpha value is 0.130. The van der Waals surface area contributed by atoms with Crippen molar-refractivity contribution >= 4 is 25.8 Å². The molecule has 0 radical (unpaired) electrons. The molecule has 76 valence electrons. The zero-order valence-corrected chi connectivity index (χ0v) is 10.1. The summed E-state index contributed by atoms with van der Waals surface area (Å²) in [4.78, 5) is 2.14. The lowest BCUT2D eigenvalue weighted by atomic mass is 10.2. The van der Waals surface area contributed by atoms with Gasteiger partial charge in [-0.1, -0.05) is 22.0 Å². The van der Waals surface area contributed by atoms with Crippen LogP contribution in [-0.2, 0) is 9.84 Å². The summed E-state index contributed by atoms with van der Waals surface area (Å²) in [6.07, 6.45) is 4.42. The number of nitrogens with zero attached hydrogens (tertiary/aromatic N) is 1. The lowest BCUT2D eigenvalue weighted by molar-refractivity contribution is 0.314. The van der Waals surface area contributed by atoms with Crippen molar-refractivity contribution < 1.29 is 8.42 Å². The molecule has 1 aliphatic rings. The highest BCUT2D eigenvalue weighted by Gasteiger charge is 2.12. The maximum atomic E-state index is 10.9. The summed E-state index contributed by atoms with van der Waals surface area (Å²) in [5.41, 5.74) is 0. The predicted molar refractivity (Wildman–Crippen MR) is 57.8 cm³/mol. The molecule has 0 aliphatic carbocycles. The van der Waals surface area contributed by atoms with Crippen molar-refractivity contribution in [2.24, 2.45) is 0 Å². The van der Waals surface area contributed by atoms with E-state index in [0.29, 0.717) is 6.54 Å². The minimum Gasteiger partial charge on any atom is -0.297 e. The van der Waals surface area contributed by atoms with Gasteiger partial charge in [0.1, 0.15) is 9.84 Å². The largest absolute Gasteiger partial charge is 0.297 e. The first kappa shape index (κ1) is 11.2. The summed E-state index contributed by atoms with van der Waals surface area (Å²) in [6, 6.07) is 0. The Balaban J connectivity index is 2.35. The van der Waals surface area contributed by atoms with Gasteiger partial charge in [-0.25, -0.2) is 8.42 Å². The summed E-state index contributed by atoms with van der Waals surface area (Å²) in [7, 11) is -2.82. The van der Waals surface area contributed by atoms with Gasteiger partial charge in [0.15, 0.2) is 0 Å². The number of halogens is 1. The molecule has 0 aromatic carbocycles. The third kappa shape index (κ3) is 4.78. The van der Waals surface area contributed by atoms with E-state index < -0.39 is 9.84 Å². The van der Waals surface area contributed by atoms with Crippen LogP contribution in [0, 0.1) is 0 Å². The van der Waals surface area contributed by atoms with Crippen LogP contribution in [0.1, 0.15) is 6.42 Å². The zero-order chi connectivity index (χ0) is 9.90. The van der Waals surface area contributed by atoms with Crippen molar-refractivity contribution in [3.63, 3.8) is 0 Å². The minimum atomic E-state index is -2.82. The molecule has 1 rings (SSSR count). The first-order valence-corrected chi connectivity index (χ1v) is 7.07. The van der Waals surface area contributed by atoms with Crippen LogP contribution in [0.5, 0.6) is 0 Å². The van der Waals surface area contributed by atoms with E-state index >= 15 is 0 Å². The molecule has 13 heavy (non-hydrogen) atoms. The molecule has 0 bridgehead atoms. The Morgan fingerprint density at radius 3 is 2.85 bits per heavy atom. The van der Waals surface area contributed by atoms with Gasteiger partial charge in [-0.3, -0.25) is 4.90 Å². The lowest BCUT2D eigenvalue weighted by Crippen LogP contribution is -2.33. The van der Waals surface area contributed by atoms with Gasteiger partial charge >= 0.3 is 0 Å². The molecular formula is C8H14BrNO2S. The standard InChI is InChI=1S/C8H14BrNO2S/c1-13(11,12)6-5-10-4-2-3-8(9)7-10/h3H,2,4-7H2,1H3. The Labute approximate surface area is 87.9 Å². The molecule has 5 heteroatoms. The fourth-order valence-electron chi connectivity index (χ4n) is 1.25. The van der Waals surface area contributed by atoms with Crippen LogP contribution in [0.25, 0.3) is 0 Å². The summed E-state index contributed by atoms with van der Waals surface area (Å²) < 4.78 is 23.0. The maximum absolute atomic E-state index is 10.9. The van der Waals surface area contributed by atoms with E-state index in [1.54, 1.807) is 0 Å². The van der Waals surface area contributed by atoms with Crippen LogP contribution in [0.2, 0.25) is 0 Å². The van der Waals surface area contributed by atoms with Crippen LogP contribution in [-0.4, -0.2) is 45.0 Å². The molecule has 0 spiro atoms. The summed E-state index contributed by atoms with van der Waals surface area (Å²) in [6.45, 7) is 2.45. The van der Waals surface area contributed by atoms with E-state index in [4.69, 9.17) is 0 Å². The molecule has 0 saturated heterocycles. The van der Waals surface area contributed by atoms with E-state index in [1.165, 1.54) is 6.26 Å². The van der Waals surface area contributed by atoms with Gasteiger partial charge in [0.25, 0.3) is 0 Å². The van der Waals surface area contributed by atoms with Crippen LogP contribution in [0.15, 0.2) is 10.6 Å². The third-order valence-electron chi connectivity index (χ3n) is 1.96. The van der Waals surface area contributed by atoms with Gasteiger partial charge < -0.3 is 0 Å². The third-order valence-corrected chi connectivity index (χ3v) is 3.46. The van der Waals surface area contributed by atoms with Gasteiger partial charge in [-0.2, -0.15) is 0 Å². The van der Waals surface area contributed by atoms with Crippen molar-refractivity contribution in [3.8, 4) is 0 Å². The Morgan fingerprint density at radius 2 is 2.31 bits per heavy atom. The smallest absolute Gasteiger partial charge is 0.148 e. The van der Waals surface area contributed by atoms with E-state index in [2.05, 4.69) is 26.9 Å².